The van der Waals surface area contributed by atoms with E-state index in [0.717, 1.165) is 20.6 Å². The fraction of sp³-hybridized carbons (Fsp3) is 0.211. The topological polar surface area (TPSA) is 54.9 Å². The van der Waals surface area contributed by atoms with Crippen molar-refractivity contribution < 1.29 is 4.79 Å². The van der Waals surface area contributed by atoms with Gasteiger partial charge in [-0.2, -0.15) is 0 Å². The second kappa shape index (κ2) is 8.27. The lowest BCUT2D eigenvalue weighted by molar-refractivity contribution is 0.0950. The number of pyridine rings is 1. The number of nitrogens with zero attached hydrogens (tertiary/aromatic N) is 2. The number of carbonyl (C=O) groups excluding carboxylic acids is 1. The van der Waals surface area contributed by atoms with Gasteiger partial charge in [-0.3, -0.25) is 4.79 Å². The Morgan fingerprint density at radius 1 is 1.20 bits per heavy atom. The molecule has 0 unspecified atom stereocenters. The zero-order chi connectivity index (χ0) is 17.6. The van der Waals surface area contributed by atoms with Gasteiger partial charge >= 0.3 is 0 Å². The Hall–Kier alpha value is -2.18. The quantitative estimate of drug-likeness (QED) is 0.682. The second-order valence-electron chi connectivity index (χ2n) is 5.81. The largest absolute Gasteiger partial charge is 0.346 e. The number of aromatic nitrogens is 2. The van der Waals surface area contributed by atoms with Crippen LogP contribution in [0.3, 0.4) is 0 Å². The fourth-order valence-electron chi connectivity index (χ4n) is 2.14. The summed E-state index contributed by atoms with van der Waals surface area (Å²) in [5, 5.41) is 6.96. The molecule has 0 fully saturated rings. The van der Waals surface area contributed by atoms with Gasteiger partial charge in [-0.05, 0) is 36.4 Å². The molecule has 0 spiro atoms. The summed E-state index contributed by atoms with van der Waals surface area (Å²) in [4.78, 5) is 22.1. The smallest absolute Gasteiger partial charge is 0.251 e. The van der Waals surface area contributed by atoms with E-state index in [-0.39, 0.29) is 5.91 Å². The molecule has 2 aromatic heterocycles. The van der Waals surface area contributed by atoms with Crippen molar-refractivity contribution in [1.82, 2.24) is 15.3 Å². The van der Waals surface area contributed by atoms with E-state index >= 15 is 0 Å². The first-order valence-electron chi connectivity index (χ1n) is 8.03. The molecule has 1 aromatic carbocycles. The lowest BCUT2D eigenvalue weighted by Crippen LogP contribution is -2.22. The standard InChI is InChI=1S/C19H19N3OS2/c1-13(2)19-22-15(12-24-19)11-21-18(23)14-6-8-16(9-7-14)25-17-5-3-4-10-20-17/h3-10,12-13H,11H2,1-2H3,(H,21,23). The van der Waals surface area contributed by atoms with E-state index in [1.54, 1.807) is 29.3 Å². The van der Waals surface area contributed by atoms with Crippen molar-refractivity contribution in [3.05, 3.63) is 70.3 Å². The van der Waals surface area contributed by atoms with Crippen LogP contribution in [0.4, 0.5) is 0 Å². The molecule has 1 amide bonds. The predicted molar refractivity (Wildman–Crippen MR) is 102 cm³/mol. The second-order valence-corrected chi connectivity index (χ2v) is 7.79. The lowest BCUT2D eigenvalue weighted by Gasteiger charge is -2.05. The Kier molecular flexibility index (Phi) is 5.83. The van der Waals surface area contributed by atoms with Crippen LogP contribution < -0.4 is 5.32 Å². The Bertz CT molecular complexity index is 829. The molecule has 3 rings (SSSR count). The maximum atomic E-state index is 12.3. The summed E-state index contributed by atoms with van der Waals surface area (Å²) in [6.45, 7) is 4.68. The van der Waals surface area contributed by atoms with E-state index in [9.17, 15) is 4.79 Å². The van der Waals surface area contributed by atoms with Crippen molar-refractivity contribution >= 4 is 29.0 Å². The highest BCUT2D eigenvalue weighted by Gasteiger charge is 2.09. The van der Waals surface area contributed by atoms with Crippen molar-refractivity contribution in [2.24, 2.45) is 0 Å². The first-order chi connectivity index (χ1) is 12.1. The minimum Gasteiger partial charge on any atom is -0.346 e. The van der Waals surface area contributed by atoms with Gasteiger partial charge in [0.25, 0.3) is 5.91 Å². The lowest BCUT2D eigenvalue weighted by atomic mass is 10.2. The third kappa shape index (κ3) is 4.90. The van der Waals surface area contributed by atoms with Gasteiger partial charge in [0.1, 0.15) is 5.03 Å². The van der Waals surface area contributed by atoms with Crippen molar-refractivity contribution in [1.29, 1.82) is 0 Å². The van der Waals surface area contributed by atoms with Crippen LogP contribution in [-0.4, -0.2) is 15.9 Å². The van der Waals surface area contributed by atoms with Gasteiger partial charge in [-0.1, -0.05) is 31.7 Å². The van der Waals surface area contributed by atoms with Crippen molar-refractivity contribution in [3.8, 4) is 0 Å². The SMILES string of the molecule is CC(C)c1nc(CNC(=O)c2ccc(Sc3ccccn3)cc2)cs1. The highest BCUT2D eigenvalue weighted by atomic mass is 32.2. The normalized spacial score (nSPS) is 10.8. The summed E-state index contributed by atoms with van der Waals surface area (Å²) in [6.07, 6.45) is 1.77. The summed E-state index contributed by atoms with van der Waals surface area (Å²) in [7, 11) is 0. The van der Waals surface area contributed by atoms with Gasteiger partial charge in [-0.15, -0.1) is 11.3 Å². The summed E-state index contributed by atoms with van der Waals surface area (Å²) in [5.74, 6) is 0.326. The van der Waals surface area contributed by atoms with E-state index in [1.807, 2.05) is 47.8 Å². The van der Waals surface area contributed by atoms with Crippen LogP contribution >= 0.6 is 23.1 Å². The summed E-state index contributed by atoms with van der Waals surface area (Å²) in [5.41, 5.74) is 1.55. The molecule has 25 heavy (non-hydrogen) atoms. The minimum atomic E-state index is -0.0894. The number of hydrogen-bond acceptors (Lipinski definition) is 5. The zero-order valence-corrected chi connectivity index (χ0v) is 15.7. The molecule has 0 saturated carbocycles. The van der Waals surface area contributed by atoms with Crippen molar-refractivity contribution in [2.45, 2.75) is 36.2 Å². The first-order valence-corrected chi connectivity index (χ1v) is 9.73. The highest BCUT2D eigenvalue weighted by molar-refractivity contribution is 7.99. The monoisotopic (exact) mass is 369 g/mol. The van der Waals surface area contributed by atoms with Crippen LogP contribution in [0.1, 0.15) is 40.8 Å². The van der Waals surface area contributed by atoms with E-state index in [1.165, 1.54) is 0 Å². The van der Waals surface area contributed by atoms with E-state index in [2.05, 4.69) is 29.1 Å². The number of thiazole rings is 1. The van der Waals surface area contributed by atoms with E-state index in [4.69, 9.17) is 0 Å². The number of nitrogens with one attached hydrogen (secondary N) is 1. The Labute approximate surface area is 155 Å². The summed E-state index contributed by atoms with van der Waals surface area (Å²) in [6, 6.07) is 13.4. The third-order valence-electron chi connectivity index (χ3n) is 3.47. The molecule has 0 aliphatic rings. The van der Waals surface area contributed by atoms with Gasteiger partial charge in [-0.25, -0.2) is 9.97 Å². The molecular weight excluding hydrogens is 350 g/mol. The molecule has 6 heteroatoms. The van der Waals surface area contributed by atoms with E-state index < -0.39 is 0 Å². The zero-order valence-electron chi connectivity index (χ0n) is 14.1. The van der Waals surface area contributed by atoms with Crippen LogP contribution in [0, 0.1) is 0 Å². The number of benzene rings is 1. The number of rotatable bonds is 6. The summed E-state index contributed by atoms with van der Waals surface area (Å²) < 4.78 is 0. The average molecular weight is 370 g/mol. The molecule has 0 aliphatic carbocycles. The van der Waals surface area contributed by atoms with Crippen LogP contribution in [0.5, 0.6) is 0 Å². The van der Waals surface area contributed by atoms with Crippen molar-refractivity contribution in [3.63, 3.8) is 0 Å². The molecule has 0 radical (unpaired) electrons. The average Bonchev–Trinajstić information content (AvgIpc) is 3.11. The molecule has 128 valence electrons. The van der Waals surface area contributed by atoms with Crippen LogP contribution in [-0.2, 0) is 6.54 Å². The fourth-order valence-corrected chi connectivity index (χ4v) is 3.75. The van der Waals surface area contributed by atoms with Crippen molar-refractivity contribution in [2.75, 3.05) is 0 Å². The number of amides is 1. The van der Waals surface area contributed by atoms with Gasteiger partial charge in [0.05, 0.1) is 17.2 Å². The van der Waals surface area contributed by atoms with Gasteiger partial charge in [0.2, 0.25) is 0 Å². The molecule has 0 aliphatic heterocycles. The Morgan fingerprint density at radius 2 is 2.00 bits per heavy atom. The molecule has 3 aromatic rings. The molecule has 2 heterocycles. The van der Waals surface area contributed by atoms with Gasteiger partial charge in [0, 0.05) is 28.0 Å². The maximum absolute atomic E-state index is 12.3. The van der Waals surface area contributed by atoms with Gasteiger partial charge in [0.15, 0.2) is 0 Å². The van der Waals surface area contributed by atoms with Crippen LogP contribution in [0.25, 0.3) is 0 Å². The Morgan fingerprint density at radius 3 is 2.64 bits per heavy atom. The Balaban J connectivity index is 1.56. The molecule has 0 saturated heterocycles. The van der Waals surface area contributed by atoms with Crippen LogP contribution in [0.15, 0.2) is 64.0 Å². The molecule has 0 atom stereocenters. The molecule has 0 bridgehead atoms. The first kappa shape index (κ1) is 17.6. The van der Waals surface area contributed by atoms with Crippen LogP contribution in [0.2, 0.25) is 0 Å². The van der Waals surface area contributed by atoms with E-state index in [0.29, 0.717) is 18.0 Å². The predicted octanol–water partition coefficient (Wildman–Crippen LogP) is 4.74. The highest BCUT2D eigenvalue weighted by Crippen LogP contribution is 2.25. The molecule has 4 nitrogen and oxygen atoms in total. The van der Waals surface area contributed by atoms with Gasteiger partial charge < -0.3 is 5.32 Å². The third-order valence-corrected chi connectivity index (χ3v) is 5.62. The molecule has 1 N–H and O–H groups in total. The minimum absolute atomic E-state index is 0.0894. The number of hydrogen-bond donors (Lipinski definition) is 1. The summed E-state index contributed by atoms with van der Waals surface area (Å²) >= 11 is 3.21. The molecular formula is C19H19N3OS2. The maximum Gasteiger partial charge on any atom is 0.251 e. The number of carbonyl (C=O) groups is 1.